The predicted octanol–water partition coefficient (Wildman–Crippen LogP) is 2.91. The summed E-state index contributed by atoms with van der Waals surface area (Å²) in [5.74, 6) is 0.452. The van der Waals surface area contributed by atoms with Crippen molar-refractivity contribution in [1.29, 1.82) is 0 Å². The molecule has 0 bridgehead atoms. The first kappa shape index (κ1) is 20.5. The third kappa shape index (κ3) is 4.09. The Balaban J connectivity index is 1.50. The summed E-state index contributed by atoms with van der Waals surface area (Å²) in [6, 6.07) is 9.80. The molecule has 0 saturated carbocycles. The number of benzene rings is 2. The van der Waals surface area contributed by atoms with Crippen LogP contribution in [0.3, 0.4) is 0 Å². The van der Waals surface area contributed by atoms with Gasteiger partial charge in [-0.2, -0.15) is 0 Å². The highest BCUT2D eigenvalue weighted by Gasteiger charge is 2.38. The maximum Gasteiger partial charge on any atom is 0.256 e. The molecule has 0 unspecified atom stereocenters. The number of methoxy groups -OCH3 is 2. The molecule has 8 nitrogen and oxygen atoms in total. The molecule has 2 aliphatic rings. The lowest BCUT2D eigenvalue weighted by Crippen LogP contribution is -2.40. The zero-order valence-electron chi connectivity index (χ0n) is 17.3. The van der Waals surface area contributed by atoms with Crippen LogP contribution < -0.4 is 20.1 Å². The van der Waals surface area contributed by atoms with Gasteiger partial charge < -0.3 is 25.0 Å². The van der Waals surface area contributed by atoms with Crippen LogP contribution in [-0.4, -0.2) is 49.4 Å². The normalized spacial score (nSPS) is 17.6. The lowest BCUT2D eigenvalue weighted by atomic mass is 10.1. The van der Waals surface area contributed by atoms with E-state index in [0.717, 1.165) is 12.0 Å². The smallest absolute Gasteiger partial charge is 0.256 e. The van der Waals surface area contributed by atoms with Crippen LogP contribution in [0.5, 0.6) is 11.5 Å². The van der Waals surface area contributed by atoms with Crippen molar-refractivity contribution in [2.24, 2.45) is 0 Å². The Hall–Kier alpha value is -3.81. The molecule has 31 heavy (non-hydrogen) atoms. The fourth-order valence-electron chi connectivity index (χ4n) is 3.87. The largest absolute Gasteiger partial charge is 0.493 e. The Labute approximate surface area is 179 Å². The van der Waals surface area contributed by atoms with E-state index in [9.17, 15) is 14.4 Å². The minimum Gasteiger partial charge on any atom is -0.493 e. The summed E-state index contributed by atoms with van der Waals surface area (Å²) in [7, 11) is 3.10. The molecule has 0 aliphatic carbocycles. The number of hydrogen-bond donors (Lipinski definition) is 2. The molecule has 3 amide bonds. The molecule has 8 heteroatoms. The molecule has 1 atom stereocenters. The van der Waals surface area contributed by atoms with E-state index in [1.165, 1.54) is 6.08 Å². The number of carbonyl (C=O) groups excluding carboxylic acids is 3. The minimum atomic E-state index is -0.428. The quantitative estimate of drug-likeness (QED) is 0.724. The van der Waals surface area contributed by atoms with Gasteiger partial charge in [0.2, 0.25) is 11.8 Å². The third-order valence-corrected chi connectivity index (χ3v) is 5.43. The number of rotatable bonds is 5. The van der Waals surface area contributed by atoms with Gasteiger partial charge in [0.15, 0.2) is 11.5 Å². The van der Waals surface area contributed by atoms with Crippen molar-refractivity contribution in [1.82, 2.24) is 4.90 Å². The van der Waals surface area contributed by atoms with Crippen molar-refractivity contribution < 1.29 is 23.9 Å². The van der Waals surface area contributed by atoms with Crippen molar-refractivity contribution in [2.75, 3.05) is 31.4 Å². The summed E-state index contributed by atoms with van der Waals surface area (Å²) >= 11 is 0. The van der Waals surface area contributed by atoms with Crippen molar-refractivity contribution in [2.45, 2.75) is 18.9 Å². The zero-order chi connectivity index (χ0) is 22.0. The standard InChI is InChI=1S/C23H23N3O5/c1-30-19-9-5-14(12-20(19)31-2)6-10-21(27)24-15-7-8-17-16(13-15)23(29)26-11-3-4-18(26)22(28)25-17/h5-10,12-13,18H,3-4,11H2,1-2H3,(H,24,27)(H,25,28)/b10-6+/t18-/m0/s1. The maximum atomic E-state index is 12.9. The lowest BCUT2D eigenvalue weighted by Gasteiger charge is -2.20. The summed E-state index contributed by atoms with van der Waals surface area (Å²) < 4.78 is 10.5. The van der Waals surface area contributed by atoms with Gasteiger partial charge in [0, 0.05) is 18.3 Å². The van der Waals surface area contributed by atoms with Gasteiger partial charge in [-0.1, -0.05) is 6.07 Å². The van der Waals surface area contributed by atoms with Gasteiger partial charge >= 0.3 is 0 Å². The number of nitrogens with zero attached hydrogens (tertiary/aromatic N) is 1. The number of carbonyl (C=O) groups is 3. The molecule has 0 radical (unpaired) electrons. The average molecular weight is 421 g/mol. The Kier molecular flexibility index (Phi) is 5.62. The monoisotopic (exact) mass is 421 g/mol. The van der Waals surface area contributed by atoms with Crippen molar-refractivity contribution >= 4 is 35.2 Å². The number of ether oxygens (including phenoxy) is 2. The summed E-state index contributed by atoms with van der Waals surface area (Å²) in [6.07, 6.45) is 4.51. The van der Waals surface area contributed by atoms with Crippen LogP contribution in [-0.2, 0) is 9.59 Å². The van der Waals surface area contributed by atoms with Crippen molar-refractivity contribution in [3.05, 3.63) is 53.6 Å². The fourth-order valence-corrected chi connectivity index (χ4v) is 3.87. The van der Waals surface area contributed by atoms with Crippen LogP contribution in [0.15, 0.2) is 42.5 Å². The average Bonchev–Trinajstić information content (AvgIpc) is 3.25. The summed E-state index contributed by atoms with van der Waals surface area (Å²) in [5.41, 5.74) is 2.08. The van der Waals surface area contributed by atoms with Gasteiger partial charge in [0.1, 0.15) is 6.04 Å². The Morgan fingerprint density at radius 2 is 1.94 bits per heavy atom. The summed E-state index contributed by atoms with van der Waals surface area (Å²) in [5, 5.41) is 5.58. The van der Waals surface area contributed by atoms with E-state index >= 15 is 0 Å². The van der Waals surface area contributed by atoms with E-state index in [-0.39, 0.29) is 17.7 Å². The van der Waals surface area contributed by atoms with Crippen LogP contribution >= 0.6 is 0 Å². The Morgan fingerprint density at radius 3 is 2.71 bits per heavy atom. The molecular formula is C23H23N3O5. The van der Waals surface area contributed by atoms with E-state index in [1.807, 2.05) is 0 Å². The molecule has 4 rings (SSSR count). The Bertz CT molecular complexity index is 1080. The van der Waals surface area contributed by atoms with E-state index in [1.54, 1.807) is 61.6 Å². The van der Waals surface area contributed by atoms with Crippen LogP contribution in [0, 0.1) is 0 Å². The maximum absolute atomic E-state index is 12.9. The van der Waals surface area contributed by atoms with Crippen LogP contribution in [0.25, 0.3) is 6.08 Å². The molecule has 2 aromatic rings. The second-order valence-electron chi connectivity index (χ2n) is 7.34. The number of amides is 3. The molecule has 2 aliphatic heterocycles. The van der Waals surface area contributed by atoms with Gasteiger partial charge in [-0.05, 0) is 54.8 Å². The molecule has 1 saturated heterocycles. The molecular weight excluding hydrogens is 398 g/mol. The molecule has 2 heterocycles. The van der Waals surface area contributed by atoms with E-state index in [0.29, 0.717) is 41.4 Å². The minimum absolute atomic E-state index is 0.167. The van der Waals surface area contributed by atoms with Gasteiger partial charge in [-0.3, -0.25) is 14.4 Å². The van der Waals surface area contributed by atoms with Crippen LogP contribution in [0.1, 0.15) is 28.8 Å². The Morgan fingerprint density at radius 1 is 1.13 bits per heavy atom. The second kappa shape index (κ2) is 8.51. The van der Waals surface area contributed by atoms with Crippen LogP contribution in [0.2, 0.25) is 0 Å². The molecule has 160 valence electrons. The number of fused-ring (bicyclic) bond motifs is 2. The number of nitrogens with one attached hydrogen (secondary N) is 2. The van der Waals surface area contributed by atoms with E-state index in [4.69, 9.17) is 9.47 Å². The van der Waals surface area contributed by atoms with Crippen molar-refractivity contribution in [3.63, 3.8) is 0 Å². The highest BCUT2D eigenvalue weighted by molar-refractivity contribution is 6.11. The van der Waals surface area contributed by atoms with Gasteiger partial charge in [0.25, 0.3) is 5.91 Å². The first-order valence-electron chi connectivity index (χ1n) is 9.97. The first-order valence-corrected chi connectivity index (χ1v) is 9.97. The molecule has 2 N–H and O–H groups in total. The number of anilines is 2. The first-order chi connectivity index (χ1) is 15.0. The SMILES string of the molecule is COc1ccc(/C=C/C(=O)Nc2ccc3c(c2)C(=O)N2CCC[C@H]2C(=O)N3)cc1OC. The molecule has 1 fully saturated rings. The molecule has 0 aromatic heterocycles. The van der Waals surface area contributed by atoms with E-state index < -0.39 is 6.04 Å². The number of hydrogen-bond acceptors (Lipinski definition) is 5. The second-order valence-corrected chi connectivity index (χ2v) is 7.34. The molecule has 0 spiro atoms. The third-order valence-electron chi connectivity index (χ3n) is 5.43. The highest BCUT2D eigenvalue weighted by atomic mass is 16.5. The summed E-state index contributed by atoms with van der Waals surface area (Å²) in [6.45, 7) is 0.557. The van der Waals surface area contributed by atoms with Gasteiger partial charge in [0.05, 0.1) is 25.5 Å². The fraction of sp³-hybridized carbons (Fsp3) is 0.261. The highest BCUT2D eigenvalue weighted by Crippen LogP contribution is 2.31. The van der Waals surface area contributed by atoms with Gasteiger partial charge in [-0.25, -0.2) is 0 Å². The predicted molar refractivity (Wildman–Crippen MR) is 116 cm³/mol. The molecule has 2 aromatic carbocycles. The zero-order valence-corrected chi connectivity index (χ0v) is 17.3. The lowest BCUT2D eigenvalue weighted by molar-refractivity contribution is -0.119. The summed E-state index contributed by atoms with van der Waals surface area (Å²) in [4.78, 5) is 39.3. The van der Waals surface area contributed by atoms with Gasteiger partial charge in [-0.15, -0.1) is 0 Å². The van der Waals surface area contributed by atoms with E-state index in [2.05, 4.69) is 10.6 Å². The van der Waals surface area contributed by atoms with Crippen molar-refractivity contribution in [3.8, 4) is 11.5 Å². The van der Waals surface area contributed by atoms with Crippen LogP contribution in [0.4, 0.5) is 11.4 Å². The topological polar surface area (TPSA) is 97.0 Å².